The molecule has 2 aromatic carbocycles. The molecule has 0 radical (unpaired) electrons. The van der Waals surface area contributed by atoms with Crippen LogP contribution in [0.15, 0.2) is 57.7 Å². The summed E-state index contributed by atoms with van der Waals surface area (Å²) < 4.78 is 6.96. The summed E-state index contributed by atoms with van der Waals surface area (Å²) in [6, 6.07) is 15.0. The van der Waals surface area contributed by atoms with Crippen LogP contribution < -0.4 is 11.1 Å². The molecule has 0 bridgehead atoms. The van der Waals surface area contributed by atoms with Gasteiger partial charge in [0.25, 0.3) is 0 Å². The number of nitrogens with one attached hydrogen (secondary N) is 1. The zero-order valence-electron chi connectivity index (χ0n) is 19.3. The summed E-state index contributed by atoms with van der Waals surface area (Å²) >= 11 is 0. The molecule has 0 atom stereocenters. The van der Waals surface area contributed by atoms with Gasteiger partial charge < -0.3 is 19.5 Å². The van der Waals surface area contributed by atoms with E-state index >= 15 is 0 Å². The van der Waals surface area contributed by atoms with Crippen LogP contribution in [-0.4, -0.2) is 59.9 Å². The summed E-state index contributed by atoms with van der Waals surface area (Å²) in [6.07, 6.45) is 1.09. The molecule has 2 heterocycles. The number of carbonyl (C=O) groups is 2. The normalized spacial score (nSPS) is 15.7. The van der Waals surface area contributed by atoms with Gasteiger partial charge >= 0.3 is 5.76 Å². The average molecular weight is 451 g/mol. The molecule has 2 amide bonds. The van der Waals surface area contributed by atoms with Crippen LogP contribution in [0.1, 0.15) is 25.3 Å². The second-order valence-corrected chi connectivity index (χ2v) is 8.91. The summed E-state index contributed by atoms with van der Waals surface area (Å²) in [5, 5.41) is 3.08. The van der Waals surface area contributed by atoms with Crippen LogP contribution in [0.25, 0.3) is 11.1 Å². The predicted molar refractivity (Wildman–Crippen MR) is 127 cm³/mol. The lowest BCUT2D eigenvalue weighted by atomic mass is 9.72. The SMILES string of the molecule is CC(=O)N1CCC(C(=O)Nc2ccc3oc(=O)n(CCN(C)C)c3c2)(c2ccccc2)CC1. The number of likely N-dealkylation sites (tertiary alicyclic amines) is 1. The second kappa shape index (κ2) is 9.23. The number of oxazole rings is 1. The van der Waals surface area contributed by atoms with Crippen LogP contribution in [0.3, 0.4) is 0 Å². The molecule has 174 valence electrons. The maximum Gasteiger partial charge on any atom is 0.419 e. The molecule has 8 nitrogen and oxygen atoms in total. The van der Waals surface area contributed by atoms with Gasteiger partial charge in [0.1, 0.15) is 0 Å². The minimum atomic E-state index is -0.733. The van der Waals surface area contributed by atoms with Crippen LogP contribution in [-0.2, 0) is 21.5 Å². The van der Waals surface area contributed by atoms with E-state index in [1.165, 1.54) is 0 Å². The van der Waals surface area contributed by atoms with Gasteiger partial charge in [0, 0.05) is 38.8 Å². The highest BCUT2D eigenvalue weighted by atomic mass is 16.4. The van der Waals surface area contributed by atoms with Gasteiger partial charge in [0.2, 0.25) is 11.8 Å². The van der Waals surface area contributed by atoms with Crippen LogP contribution in [0.2, 0.25) is 0 Å². The Morgan fingerprint density at radius 2 is 1.79 bits per heavy atom. The number of nitrogens with zero attached hydrogens (tertiary/aromatic N) is 3. The van der Waals surface area contributed by atoms with Crippen LogP contribution in [0, 0.1) is 0 Å². The minimum Gasteiger partial charge on any atom is -0.408 e. The van der Waals surface area contributed by atoms with Gasteiger partial charge in [-0.25, -0.2) is 4.79 Å². The number of aromatic nitrogens is 1. The predicted octanol–water partition coefficient (Wildman–Crippen LogP) is 2.67. The summed E-state index contributed by atoms with van der Waals surface area (Å²) in [4.78, 5) is 41.6. The lowest BCUT2D eigenvalue weighted by molar-refractivity contribution is -0.133. The van der Waals surface area contributed by atoms with E-state index in [-0.39, 0.29) is 11.8 Å². The number of benzene rings is 2. The highest BCUT2D eigenvalue weighted by molar-refractivity contribution is 6.00. The number of likely N-dealkylation sites (N-methyl/N-ethyl adjacent to an activating group) is 1. The zero-order chi connectivity index (χ0) is 23.6. The first-order chi connectivity index (χ1) is 15.8. The van der Waals surface area contributed by atoms with Crippen molar-refractivity contribution in [2.75, 3.05) is 39.0 Å². The summed E-state index contributed by atoms with van der Waals surface area (Å²) in [7, 11) is 3.89. The number of carbonyl (C=O) groups excluding carboxylic acids is 2. The van der Waals surface area contributed by atoms with Crippen molar-refractivity contribution < 1.29 is 14.0 Å². The van der Waals surface area contributed by atoms with Crippen molar-refractivity contribution in [2.24, 2.45) is 0 Å². The minimum absolute atomic E-state index is 0.0261. The van der Waals surface area contributed by atoms with Crippen molar-refractivity contribution in [1.29, 1.82) is 0 Å². The second-order valence-electron chi connectivity index (χ2n) is 8.91. The fraction of sp³-hybridized carbons (Fsp3) is 0.400. The first kappa shape index (κ1) is 22.8. The van der Waals surface area contributed by atoms with Gasteiger partial charge in [0.05, 0.1) is 10.9 Å². The number of hydrogen-bond donors (Lipinski definition) is 1. The highest BCUT2D eigenvalue weighted by Gasteiger charge is 2.43. The number of piperidine rings is 1. The molecule has 1 aliphatic rings. The van der Waals surface area contributed by atoms with Gasteiger partial charge in [-0.15, -0.1) is 0 Å². The van der Waals surface area contributed by atoms with E-state index in [2.05, 4.69) is 5.32 Å². The maximum atomic E-state index is 13.7. The summed E-state index contributed by atoms with van der Waals surface area (Å²) in [6.45, 7) is 3.80. The van der Waals surface area contributed by atoms with Crippen molar-refractivity contribution in [2.45, 2.75) is 31.7 Å². The average Bonchev–Trinajstić information content (AvgIpc) is 3.12. The Morgan fingerprint density at radius 1 is 1.09 bits per heavy atom. The zero-order valence-corrected chi connectivity index (χ0v) is 19.3. The summed E-state index contributed by atoms with van der Waals surface area (Å²) in [5.41, 5.74) is 1.96. The molecule has 33 heavy (non-hydrogen) atoms. The Balaban J connectivity index is 1.64. The first-order valence-corrected chi connectivity index (χ1v) is 11.2. The van der Waals surface area contributed by atoms with Crippen LogP contribution >= 0.6 is 0 Å². The van der Waals surface area contributed by atoms with E-state index < -0.39 is 11.2 Å². The molecule has 3 aromatic rings. The monoisotopic (exact) mass is 450 g/mol. The Bertz CT molecular complexity index is 1200. The van der Waals surface area contributed by atoms with E-state index in [1.54, 1.807) is 34.6 Å². The molecule has 0 aliphatic carbocycles. The molecule has 1 aliphatic heterocycles. The lowest BCUT2D eigenvalue weighted by Crippen LogP contribution is -2.50. The number of hydrogen-bond acceptors (Lipinski definition) is 5. The third-order valence-corrected chi connectivity index (χ3v) is 6.52. The number of amides is 2. The molecule has 0 saturated carbocycles. The first-order valence-electron chi connectivity index (χ1n) is 11.2. The molecular formula is C25H30N4O4. The maximum absolute atomic E-state index is 13.7. The van der Waals surface area contributed by atoms with Crippen molar-refractivity contribution in [1.82, 2.24) is 14.4 Å². The van der Waals surface area contributed by atoms with Crippen molar-refractivity contribution in [3.8, 4) is 0 Å². The van der Waals surface area contributed by atoms with Gasteiger partial charge in [-0.2, -0.15) is 0 Å². The molecule has 4 rings (SSSR count). The van der Waals surface area contributed by atoms with E-state index in [0.717, 1.165) is 5.56 Å². The molecule has 0 spiro atoms. The Morgan fingerprint density at radius 3 is 2.42 bits per heavy atom. The van der Waals surface area contributed by atoms with Gasteiger partial charge in [-0.05, 0) is 50.7 Å². The third-order valence-electron chi connectivity index (χ3n) is 6.52. The van der Waals surface area contributed by atoms with Crippen molar-refractivity contribution >= 4 is 28.6 Å². The Hall–Kier alpha value is -3.39. The molecule has 1 aromatic heterocycles. The van der Waals surface area contributed by atoms with E-state index in [9.17, 15) is 14.4 Å². The fourth-order valence-corrected chi connectivity index (χ4v) is 4.51. The highest BCUT2D eigenvalue weighted by Crippen LogP contribution is 2.37. The van der Waals surface area contributed by atoms with Crippen LogP contribution in [0.5, 0.6) is 0 Å². The Labute approximate surface area is 192 Å². The largest absolute Gasteiger partial charge is 0.419 e. The quantitative estimate of drug-likeness (QED) is 0.624. The van der Waals surface area contributed by atoms with Gasteiger partial charge in [-0.3, -0.25) is 14.2 Å². The molecule has 8 heteroatoms. The third kappa shape index (κ3) is 4.57. The lowest BCUT2D eigenvalue weighted by Gasteiger charge is -2.40. The molecule has 1 saturated heterocycles. The molecular weight excluding hydrogens is 420 g/mol. The van der Waals surface area contributed by atoms with Crippen LogP contribution in [0.4, 0.5) is 5.69 Å². The molecule has 0 unspecified atom stereocenters. The van der Waals surface area contributed by atoms with Gasteiger partial charge in [0.15, 0.2) is 5.58 Å². The topological polar surface area (TPSA) is 87.8 Å². The number of rotatable bonds is 6. The van der Waals surface area contributed by atoms with E-state index in [0.29, 0.717) is 55.8 Å². The Kier molecular flexibility index (Phi) is 6.37. The van der Waals surface area contributed by atoms with E-state index in [1.807, 2.05) is 49.3 Å². The number of anilines is 1. The van der Waals surface area contributed by atoms with E-state index in [4.69, 9.17) is 4.42 Å². The fourth-order valence-electron chi connectivity index (χ4n) is 4.51. The smallest absolute Gasteiger partial charge is 0.408 e. The van der Waals surface area contributed by atoms with Gasteiger partial charge in [-0.1, -0.05) is 30.3 Å². The summed E-state index contributed by atoms with van der Waals surface area (Å²) in [5.74, 6) is -0.493. The number of fused-ring (bicyclic) bond motifs is 1. The molecule has 1 fully saturated rings. The molecule has 1 N–H and O–H groups in total. The standard InChI is InChI=1S/C25H30N4O4/c1-18(30)28-13-11-25(12-14-28,19-7-5-4-6-8-19)23(31)26-20-9-10-22-21(17-20)29(24(32)33-22)16-15-27(2)3/h4-10,17H,11-16H2,1-3H3,(H,26,31). The van der Waals surface area contributed by atoms with Crippen molar-refractivity contribution in [3.05, 3.63) is 64.6 Å². The van der Waals surface area contributed by atoms with Crippen molar-refractivity contribution in [3.63, 3.8) is 0 Å².